The molecule has 1 aliphatic rings. The molecule has 0 bridgehead atoms. The summed E-state index contributed by atoms with van der Waals surface area (Å²) in [7, 11) is -3.42. The monoisotopic (exact) mass is 628 g/mol. The Bertz CT molecular complexity index is 1570. The molecule has 9 nitrogen and oxygen atoms in total. The molecule has 3 aromatic carbocycles. The van der Waals surface area contributed by atoms with Gasteiger partial charge in [-0.3, -0.25) is 9.59 Å². The molecule has 3 aromatic rings. The lowest BCUT2D eigenvalue weighted by Gasteiger charge is -2.16. The van der Waals surface area contributed by atoms with Gasteiger partial charge in [0.25, 0.3) is 11.8 Å². The molecule has 1 unspecified atom stereocenters. The first-order valence-corrected chi connectivity index (χ1v) is 14.6. The van der Waals surface area contributed by atoms with E-state index < -0.39 is 28.0 Å². The molecule has 0 spiro atoms. The molecule has 0 saturated carbocycles. The maximum Gasteiger partial charge on any atom is 0.269 e. The zero-order valence-corrected chi connectivity index (χ0v) is 23.9. The lowest BCUT2D eigenvalue weighted by atomic mass is 10.0. The molecule has 0 saturated heterocycles. The Balaban J connectivity index is 1.68. The maximum absolute atomic E-state index is 13.4. The second-order valence-corrected chi connectivity index (χ2v) is 11.8. The van der Waals surface area contributed by atoms with Crippen LogP contribution in [0.15, 0.2) is 59.6 Å². The van der Waals surface area contributed by atoms with E-state index >= 15 is 0 Å². The van der Waals surface area contributed by atoms with Crippen molar-refractivity contribution in [1.82, 2.24) is 10.0 Å². The number of aliphatic imine (C=N–C) groups is 1. The van der Waals surface area contributed by atoms with Crippen molar-refractivity contribution < 1.29 is 22.7 Å². The SMILES string of the molecule is CS(=O)(=O)NCCOc1ccc(Cl)cc1C(=O)NC1N=C(c2c(Cl)cc(Cl)cc2Cl)c2ccccc2NC1=O. The summed E-state index contributed by atoms with van der Waals surface area (Å²) >= 11 is 25.2. The molecule has 204 valence electrons. The van der Waals surface area contributed by atoms with E-state index in [1.807, 2.05) is 0 Å². The van der Waals surface area contributed by atoms with Crippen LogP contribution in [0.25, 0.3) is 0 Å². The summed E-state index contributed by atoms with van der Waals surface area (Å²) in [5.74, 6) is -1.21. The first-order chi connectivity index (χ1) is 18.4. The first kappa shape index (κ1) is 29.1. The van der Waals surface area contributed by atoms with Crippen LogP contribution in [0.3, 0.4) is 0 Å². The second kappa shape index (κ2) is 12.1. The zero-order valence-electron chi connectivity index (χ0n) is 20.1. The molecule has 0 aromatic heterocycles. The summed E-state index contributed by atoms with van der Waals surface area (Å²) in [5, 5.41) is 6.31. The minimum Gasteiger partial charge on any atom is -0.491 e. The number of sulfonamides is 1. The number of carbonyl (C=O) groups excluding carboxylic acids is 2. The maximum atomic E-state index is 13.4. The summed E-state index contributed by atoms with van der Waals surface area (Å²) < 4.78 is 30.5. The van der Waals surface area contributed by atoms with E-state index in [9.17, 15) is 18.0 Å². The van der Waals surface area contributed by atoms with E-state index in [2.05, 4.69) is 20.3 Å². The summed E-state index contributed by atoms with van der Waals surface area (Å²) in [6.45, 7) is -0.0911. The molecular formula is C25H20Cl4N4O5S. The molecule has 1 atom stereocenters. The fraction of sp³-hybridized carbons (Fsp3) is 0.160. The Hall–Kier alpha value is -2.86. The predicted octanol–water partition coefficient (Wildman–Crippen LogP) is 4.77. The second-order valence-electron chi connectivity index (χ2n) is 8.29. The van der Waals surface area contributed by atoms with Crippen LogP contribution >= 0.6 is 46.4 Å². The highest BCUT2D eigenvalue weighted by molar-refractivity contribution is 7.88. The molecule has 0 radical (unpaired) electrons. The van der Waals surface area contributed by atoms with Gasteiger partial charge in [-0.15, -0.1) is 0 Å². The first-order valence-electron chi connectivity index (χ1n) is 11.2. The lowest BCUT2D eigenvalue weighted by Crippen LogP contribution is -2.42. The van der Waals surface area contributed by atoms with Gasteiger partial charge in [-0.25, -0.2) is 18.1 Å². The number of benzodiazepines with no additional fused rings is 1. The van der Waals surface area contributed by atoms with Crippen LogP contribution in [0.1, 0.15) is 21.5 Å². The summed E-state index contributed by atoms with van der Waals surface area (Å²) in [4.78, 5) is 31.1. The smallest absolute Gasteiger partial charge is 0.269 e. The molecular weight excluding hydrogens is 610 g/mol. The number of rotatable bonds is 8. The van der Waals surface area contributed by atoms with E-state index in [0.717, 1.165) is 6.26 Å². The van der Waals surface area contributed by atoms with Crippen molar-refractivity contribution in [3.63, 3.8) is 0 Å². The minimum absolute atomic E-state index is 0.00993. The zero-order chi connectivity index (χ0) is 28.3. The fourth-order valence-corrected chi connectivity index (χ4v) is 5.34. The Morgan fingerprint density at radius 3 is 2.41 bits per heavy atom. The summed E-state index contributed by atoms with van der Waals surface area (Å²) in [6, 6.07) is 14.2. The van der Waals surface area contributed by atoms with Gasteiger partial charge >= 0.3 is 0 Å². The van der Waals surface area contributed by atoms with Crippen LogP contribution in [0.2, 0.25) is 20.1 Å². The third kappa shape index (κ3) is 7.21. The van der Waals surface area contributed by atoms with Gasteiger partial charge in [-0.2, -0.15) is 0 Å². The van der Waals surface area contributed by atoms with Crippen LogP contribution < -0.4 is 20.1 Å². The number of nitrogens with zero attached hydrogens (tertiary/aromatic N) is 1. The number of amides is 2. The standard InChI is InChI=1S/C25H20Cl4N4O5S/c1-39(36,37)30-8-9-38-20-7-6-13(26)10-16(20)24(34)33-23-25(35)31-19-5-3-2-4-15(19)22(32-23)21-17(28)11-14(27)12-18(21)29/h2-7,10-12,23,30H,8-9H2,1H3,(H,31,35)(H,33,34). The summed E-state index contributed by atoms with van der Waals surface area (Å²) in [5.41, 5.74) is 1.56. The molecule has 2 amide bonds. The van der Waals surface area contributed by atoms with Crippen LogP contribution in [0.4, 0.5) is 5.69 Å². The largest absolute Gasteiger partial charge is 0.491 e. The quantitative estimate of drug-likeness (QED) is 0.309. The molecule has 39 heavy (non-hydrogen) atoms. The number of halogens is 4. The van der Waals surface area contributed by atoms with Crippen molar-refractivity contribution in [2.24, 2.45) is 4.99 Å². The Kier molecular flexibility index (Phi) is 9.05. The molecule has 14 heteroatoms. The van der Waals surface area contributed by atoms with Gasteiger partial charge in [0.15, 0.2) is 0 Å². The van der Waals surface area contributed by atoms with E-state index in [1.165, 1.54) is 30.3 Å². The molecule has 0 aliphatic carbocycles. The van der Waals surface area contributed by atoms with Crippen molar-refractivity contribution in [1.29, 1.82) is 0 Å². The van der Waals surface area contributed by atoms with Crippen molar-refractivity contribution in [2.45, 2.75) is 6.17 Å². The number of nitrogens with one attached hydrogen (secondary N) is 3. The predicted molar refractivity (Wildman–Crippen MR) is 153 cm³/mol. The molecule has 0 fully saturated rings. The van der Waals surface area contributed by atoms with Gasteiger partial charge in [0.2, 0.25) is 16.2 Å². The lowest BCUT2D eigenvalue weighted by molar-refractivity contribution is -0.117. The third-order valence-electron chi connectivity index (χ3n) is 5.37. The van der Waals surface area contributed by atoms with Gasteiger partial charge in [-0.05, 0) is 36.4 Å². The van der Waals surface area contributed by atoms with Crippen LogP contribution in [0, 0.1) is 0 Å². The normalized spacial score (nSPS) is 15.1. The molecule has 1 aliphatic heterocycles. The van der Waals surface area contributed by atoms with Gasteiger partial charge in [0.05, 0.1) is 33.3 Å². The van der Waals surface area contributed by atoms with Gasteiger partial charge in [0.1, 0.15) is 12.4 Å². The number of para-hydroxylation sites is 1. The highest BCUT2D eigenvalue weighted by Crippen LogP contribution is 2.34. The van der Waals surface area contributed by atoms with Crippen molar-refractivity contribution in [3.8, 4) is 5.75 Å². The number of hydrogen-bond acceptors (Lipinski definition) is 6. The topological polar surface area (TPSA) is 126 Å². The Morgan fingerprint density at radius 1 is 1.03 bits per heavy atom. The highest BCUT2D eigenvalue weighted by atomic mass is 35.5. The van der Waals surface area contributed by atoms with Gasteiger partial charge < -0.3 is 15.4 Å². The van der Waals surface area contributed by atoms with Gasteiger partial charge in [-0.1, -0.05) is 64.6 Å². The van der Waals surface area contributed by atoms with Crippen molar-refractivity contribution in [2.75, 3.05) is 24.7 Å². The number of ether oxygens (including phenoxy) is 1. The highest BCUT2D eigenvalue weighted by Gasteiger charge is 2.30. The molecule has 1 heterocycles. The van der Waals surface area contributed by atoms with Crippen molar-refractivity contribution >= 4 is 79.6 Å². The average molecular weight is 630 g/mol. The minimum atomic E-state index is -3.42. The summed E-state index contributed by atoms with van der Waals surface area (Å²) in [6.07, 6.45) is -0.384. The number of benzene rings is 3. The van der Waals surface area contributed by atoms with Crippen LogP contribution in [-0.2, 0) is 14.8 Å². The van der Waals surface area contributed by atoms with Gasteiger partial charge in [0, 0.05) is 27.7 Å². The third-order valence-corrected chi connectivity index (χ3v) is 7.15. The van der Waals surface area contributed by atoms with E-state index in [0.29, 0.717) is 21.8 Å². The van der Waals surface area contributed by atoms with E-state index in [4.69, 9.17) is 51.1 Å². The molecule has 3 N–H and O–H groups in total. The van der Waals surface area contributed by atoms with Crippen molar-refractivity contribution in [3.05, 3.63) is 91.4 Å². The Labute approximate surface area is 244 Å². The number of anilines is 1. The van der Waals surface area contributed by atoms with E-state index in [-0.39, 0.29) is 45.2 Å². The number of carbonyl (C=O) groups is 2. The average Bonchev–Trinajstić information content (AvgIpc) is 2.97. The van der Waals surface area contributed by atoms with Crippen LogP contribution in [-0.4, -0.2) is 51.5 Å². The number of hydrogen-bond donors (Lipinski definition) is 3. The number of fused-ring (bicyclic) bond motifs is 1. The van der Waals surface area contributed by atoms with E-state index in [1.54, 1.807) is 24.3 Å². The van der Waals surface area contributed by atoms with Crippen LogP contribution in [0.5, 0.6) is 5.75 Å². The molecule has 4 rings (SSSR count). The fourth-order valence-electron chi connectivity index (χ4n) is 3.72. The Morgan fingerprint density at radius 2 is 1.72 bits per heavy atom.